The van der Waals surface area contributed by atoms with Gasteiger partial charge >= 0.3 is 0 Å². The SMILES string of the molecule is CNC(=O)c1nc(CCO)cc(OCc2ccc(OC)cc2)c1OC. The Kier molecular flexibility index (Phi) is 6.59. The summed E-state index contributed by atoms with van der Waals surface area (Å²) in [6.07, 6.45) is 0.312. The van der Waals surface area contributed by atoms with E-state index in [1.54, 1.807) is 13.2 Å². The summed E-state index contributed by atoms with van der Waals surface area (Å²) in [5, 5.41) is 11.7. The fraction of sp³-hybridized carbons (Fsp3) is 0.333. The van der Waals surface area contributed by atoms with Crippen molar-refractivity contribution in [1.82, 2.24) is 10.3 Å². The Labute approximate surface area is 146 Å². The summed E-state index contributed by atoms with van der Waals surface area (Å²) in [6, 6.07) is 9.14. The molecule has 2 N–H and O–H groups in total. The largest absolute Gasteiger partial charge is 0.497 e. The van der Waals surface area contributed by atoms with Crippen LogP contribution < -0.4 is 19.5 Å². The van der Waals surface area contributed by atoms with Gasteiger partial charge in [0.05, 0.1) is 14.2 Å². The van der Waals surface area contributed by atoms with Crippen molar-refractivity contribution in [2.24, 2.45) is 0 Å². The van der Waals surface area contributed by atoms with E-state index in [9.17, 15) is 4.79 Å². The predicted octanol–water partition coefficient (Wildman–Crippen LogP) is 1.57. The lowest BCUT2D eigenvalue weighted by Gasteiger charge is -2.15. The molecule has 2 rings (SSSR count). The Morgan fingerprint density at radius 1 is 1.20 bits per heavy atom. The molecule has 1 amide bonds. The van der Waals surface area contributed by atoms with E-state index < -0.39 is 0 Å². The molecule has 2 aromatic rings. The summed E-state index contributed by atoms with van der Waals surface area (Å²) in [5.74, 6) is 1.04. The van der Waals surface area contributed by atoms with E-state index in [0.717, 1.165) is 11.3 Å². The lowest BCUT2D eigenvalue weighted by Crippen LogP contribution is -2.21. The first-order chi connectivity index (χ1) is 12.1. The first-order valence-corrected chi connectivity index (χ1v) is 7.79. The van der Waals surface area contributed by atoms with Crippen LogP contribution in [0.5, 0.6) is 17.2 Å². The Morgan fingerprint density at radius 2 is 1.92 bits per heavy atom. The molecule has 0 bridgehead atoms. The number of nitrogens with one attached hydrogen (secondary N) is 1. The van der Waals surface area contributed by atoms with Crippen LogP contribution in [0.15, 0.2) is 30.3 Å². The van der Waals surface area contributed by atoms with Gasteiger partial charge in [-0.15, -0.1) is 0 Å². The third kappa shape index (κ3) is 4.60. The van der Waals surface area contributed by atoms with Gasteiger partial charge in [-0.1, -0.05) is 12.1 Å². The molecule has 0 atom stereocenters. The zero-order valence-electron chi connectivity index (χ0n) is 14.5. The normalized spacial score (nSPS) is 10.2. The molecule has 134 valence electrons. The van der Waals surface area contributed by atoms with Gasteiger partial charge in [-0.05, 0) is 17.7 Å². The molecule has 1 aromatic carbocycles. The van der Waals surface area contributed by atoms with E-state index in [4.69, 9.17) is 19.3 Å². The fourth-order valence-electron chi connectivity index (χ4n) is 2.26. The molecule has 0 aliphatic heterocycles. The Morgan fingerprint density at radius 3 is 2.48 bits per heavy atom. The molecule has 0 saturated heterocycles. The van der Waals surface area contributed by atoms with Gasteiger partial charge in [-0.25, -0.2) is 4.98 Å². The number of benzene rings is 1. The smallest absolute Gasteiger partial charge is 0.273 e. The van der Waals surface area contributed by atoms with Crippen LogP contribution in [-0.4, -0.2) is 43.9 Å². The van der Waals surface area contributed by atoms with Crippen LogP contribution in [0, 0.1) is 0 Å². The standard InChI is InChI=1S/C18H22N2O5/c1-19-18(22)16-17(24-3)15(10-13(20-16)8-9-21)25-11-12-4-6-14(23-2)7-5-12/h4-7,10,21H,8-9,11H2,1-3H3,(H,19,22). The number of pyridine rings is 1. The van der Waals surface area contributed by atoms with Crippen molar-refractivity contribution in [1.29, 1.82) is 0 Å². The first kappa shape index (κ1) is 18.5. The Hall–Kier alpha value is -2.80. The number of amides is 1. The highest BCUT2D eigenvalue weighted by Gasteiger charge is 2.20. The lowest BCUT2D eigenvalue weighted by molar-refractivity contribution is 0.0953. The van der Waals surface area contributed by atoms with Gasteiger partial charge in [0.2, 0.25) is 0 Å². The molecule has 7 nitrogen and oxygen atoms in total. The summed E-state index contributed by atoms with van der Waals surface area (Å²) in [5.41, 5.74) is 1.61. The molecule has 1 heterocycles. The van der Waals surface area contributed by atoms with E-state index in [-0.39, 0.29) is 30.6 Å². The number of aromatic nitrogens is 1. The number of aliphatic hydroxyl groups excluding tert-OH is 1. The van der Waals surface area contributed by atoms with E-state index in [0.29, 0.717) is 17.9 Å². The third-order valence-electron chi connectivity index (χ3n) is 3.56. The van der Waals surface area contributed by atoms with Crippen LogP contribution in [0.2, 0.25) is 0 Å². The van der Waals surface area contributed by atoms with Crippen LogP contribution in [0.25, 0.3) is 0 Å². The van der Waals surface area contributed by atoms with Gasteiger partial charge in [-0.2, -0.15) is 0 Å². The van der Waals surface area contributed by atoms with Crippen LogP contribution in [0.4, 0.5) is 0 Å². The topological polar surface area (TPSA) is 89.9 Å². The third-order valence-corrected chi connectivity index (χ3v) is 3.56. The van der Waals surface area contributed by atoms with Gasteiger partial charge < -0.3 is 24.6 Å². The van der Waals surface area contributed by atoms with Crippen molar-refractivity contribution < 1.29 is 24.1 Å². The Bertz CT molecular complexity index is 716. The van der Waals surface area contributed by atoms with E-state index in [1.165, 1.54) is 14.2 Å². The molecule has 7 heteroatoms. The molecule has 25 heavy (non-hydrogen) atoms. The second-order valence-electron chi connectivity index (χ2n) is 5.18. The fourth-order valence-corrected chi connectivity index (χ4v) is 2.26. The molecule has 1 aromatic heterocycles. The number of rotatable bonds is 8. The monoisotopic (exact) mass is 346 g/mol. The van der Waals surface area contributed by atoms with Gasteiger partial charge in [0.15, 0.2) is 17.2 Å². The minimum atomic E-state index is -0.383. The number of hydrogen-bond acceptors (Lipinski definition) is 6. The molecule has 0 unspecified atom stereocenters. The quantitative estimate of drug-likeness (QED) is 0.754. The summed E-state index contributed by atoms with van der Waals surface area (Å²) in [7, 11) is 4.58. The summed E-state index contributed by atoms with van der Waals surface area (Å²) >= 11 is 0. The maximum atomic E-state index is 12.1. The highest BCUT2D eigenvalue weighted by Crippen LogP contribution is 2.32. The lowest BCUT2D eigenvalue weighted by atomic mass is 10.2. The number of carbonyl (C=O) groups is 1. The molecule has 0 spiro atoms. The summed E-state index contributed by atoms with van der Waals surface area (Å²) in [6.45, 7) is 0.209. The minimum Gasteiger partial charge on any atom is -0.497 e. The highest BCUT2D eigenvalue weighted by molar-refractivity contribution is 5.95. The maximum absolute atomic E-state index is 12.1. The molecular weight excluding hydrogens is 324 g/mol. The molecule has 0 fully saturated rings. The molecule has 0 saturated carbocycles. The Balaban J connectivity index is 2.29. The molecule has 0 radical (unpaired) electrons. The summed E-state index contributed by atoms with van der Waals surface area (Å²) < 4.78 is 16.3. The van der Waals surface area contributed by atoms with Gasteiger partial charge in [0.25, 0.3) is 5.91 Å². The molecule has 0 aliphatic rings. The van der Waals surface area contributed by atoms with E-state index in [2.05, 4.69) is 10.3 Å². The van der Waals surface area contributed by atoms with Gasteiger partial charge in [0.1, 0.15) is 12.4 Å². The average molecular weight is 346 g/mol. The van der Waals surface area contributed by atoms with Crippen molar-refractivity contribution >= 4 is 5.91 Å². The zero-order valence-corrected chi connectivity index (χ0v) is 14.5. The van der Waals surface area contributed by atoms with E-state index >= 15 is 0 Å². The van der Waals surface area contributed by atoms with Crippen molar-refractivity contribution in [3.8, 4) is 17.2 Å². The number of carbonyl (C=O) groups excluding carboxylic acids is 1. The van der Waals surface area contributed by atoms with Crippen LogP contribution >= 0.6 is 0 Å². The minimum absolute atomic E-state index is 0.0789. The van der Waals surface area contributed by atoms with Crippen molar-refractivity contribution in [2.75, 3.05) is 27.9 Å². The second kappa shape index (κ2) is 8.89. The molecular formula is C18H22N2O5. The number of ether oxygens (including phenoxy) is 3. The van der Waals surface area contributed by atoms with Crippen molar-refractivity contribution in [3.63, 3.8) is 0 Å². The number of hydrogen-bond donors (Lipinski definition) is 2. The second-order valence-corrected chi connectivity index (χ2v) is 5.18. The van der Waals surface area contributed by atoms with Crippen LogP contribution in [-0.2, 0) is 13.0 Å². The van der Waals surface area contributed by atoms with Gasteiger partial charge in [0, 0.05) is 31.8 Å². The highest BCUT2D eigenvalue weighted by atomic mass is 16.5. The van der Waals surface area contributed by atoms with Gasteiger partial charge in [-0.3, -0.25) is 4.79 Å². The summed E-state index contributed by atoms with van der Waals surface area (Å²) in [4.78, 5) is 16.3. The van der Waals surface area contributed by atoms with Crippen molar-refractivity contribution in [3.05, 3.63) is 47.3 Å². The predicted molar refractivity (Wildman–Crippen MR) is 92.3 cm³/mol. The number of nitrogens with zero attached hydrogens (tertiary/aromatic N) is 1. The maximum Gasteiger partial charge on any atom is 0.273 e. The van der Waals surface area contributed by atoms with Crippen LogP contribution in [0.3, 0.4) is 0 Å². The first-order valence-electron chi connectivity index (χ1n) is 7.79. The number of aliphatic hydroxyl groups is 1. The zero-order chi connectivity index (χ0) is 18.2. The average Bonchev–Trinajstić information content (AvgIpc) is 2.65. The number of methoxy groups -OCH3 is 2. The van der Waals surface area contributed by atoms with Crippen molar-refractivity contribution in [2.45, 2.75) is 13.0 Å². The van der Waals surface area contributed by atoms with E-state index in [1.807, 2.05) is 24.3 Å². The van der Waals surface area contributed by atoms with Crippen LogP contribution in [0.1, 0.15) is 21.7 Å². The molecule has 0 aliphatic carbocycles.